The normalized spacial score (nSPS) is 19.3. The molecule has 130 valence electrons. The van der Waals surface area contributed by atoms with Crippen molar-refractivity contribution in [2.24, 2.45) is 0 Å². The third kappa shape index (κ3) is 3.12. The van der Waals surface area contributed by atoms with Gasteiger partial charge in [-0.25, -0.2) is 4.79 Å². The lowest BCUT2D eigenvalue weighted by Crippen LogP contribution is -2.41. The quantitative estimate of drug-likeness (QED) is 0.672. The summed E-state index contributed by atoms with van der Waals surface area (Å²) in [5.41, 5.74) is 1.86. The molecule has 2 unspecified atom stereocenters. The van der Waals surface area contributed by atoms with Crippen molar-refractivity contribution in [2.75, 3.05) is 11.9 Å². The van der Waals surface area contributed by atoms with Crippen LogP contribution in [0.3, 0.4) is 0 Å². The van der Waals surface area contributed by atoms with Gasteiger partial charge in [-0.2, -0.15) is 0 Å². The van der Waals surface area contributed by atoms with Crippen molar-refractivity contribution in [2.45, 2.75) is 31.8 Å². The molecule has 1 aromatic carbocycles. The molecule has 2 aromatic heterocycles. The number of likely N-dealkylation sites (tertiary alicyclic amines) is 1. The number of hydrogen-bond donors (Lipinski definition) is 3. The Kier molecular flexibility index (Phi) is 4.19. The van der Waals surface area contributed by atoms with Crippen LogP contribution in [-0.4, -0.2) is 33.4 Å². The number of thiophene rings is 1. The van der Waals surface area contributed by atoms with E-state index in [9.17, 15) is 9.59 Å². The number of aromatic amines is 2. The molecular weight excluding hydrogens is 336 g/mol. The molecule has 7 heteroatoms. The second-order valence-corrected chi connectivity index (χ2v) is 7.40. The molecule has 1 fully saturated rings. The number of amides is 1. The molecule has 1 amide bonds. The molecule has 3 heterocycles. The Bertz CT molecular complexity index is 944. The van der Waals surface area contributed by atoms with Crippen molar-refractivity contribution < 1.29 is 4.79 Å². The van der Waals surface area contributed by atoms with E-state index in [1.54, 1.807) is 29.5 Å². The minimum Gasteiger partial charge on any atom is -0.325 e. The Morgan fingerprint density at radius 2 is 2.16 bits per heavy atom. The van der Waals surface area contributed by atoms with Gasteiger partial charge in [-0.1, -0.05) is 6.07 Å². The number of anilines is 1. The van der Waals surface area contributed by atoms with Crippen molar-refractivity contribution in [3.05, 3.63) is 51.1 Å². The summed E-state index contributed by atoms with van der Waals surface area (Å²) in [5.74, 6) is -0.0271. The number of hydrogen-bond acceptors (Lipinski definition) is 4. The molecule has 3 N–H and O–H groups in total. The monoisotopic (exact) mass is 356 g/mol. The second-order valence-electron chi connectivity index (χ2n) is 6.42. The molecule has 0 radical (unpaired) electrons. The van der Waals surface area contributed by atoms with E-state index in [-0.39, 0.29) is 17.6 Å². The molecule has 0 aliphatic carbocycles. The Balaban J connectivity index is 1.50. The van der Waals surface area contributed by atoms with Crippen LogP contribution in [0, 0.1) is 0 Å². The van der Waals surface area contributed by atoms with E-state index in [4.69, 9.17) is 0 Å². The van der Waals surface area contributed by atoms with Crippen LogP contribution in [0.15, 0.2) is 40.5 Å². The first-order valence-electron chi connectivity index (χ1n) is 8.44. The largest absolute Gasteiger partial charge is 0.325 e. The maximum absolute atomic E-state index is 12.7. The van der Waals surface area contributed by atoms with Crippen molar-refractivity contribution in [1.29, 1.82) is 0 Å². The average molecular weight is 356 g/mol. The number of benzene rings is 1. The summed E-state index contributed by atoms with van der Waals surface area (Å²) in [5, 5.41) is 5.06. The molecule has 2 atom stereocenters. The first-order chi connectivity index (χ1) is 12.1. The standard InChI is InChI=1S/C18H20N4O2S/c1-11(22-8-2-4-15(22)16-5-3-9-25-16)17(23)19-12-6-7-13-14(10-12)21-18(24)20-13/h3,5-7,9-11,15H,2,4,8H2,1H3,(H,19,23)(H2,20,21,24). The smallest absolute Gasteiger partial charge is 0.323 e. The molecule has 0 spiro atoms. The number of fused-ring (bicyclic) bond motifs is 1. The van der Waals surface area contributed by atoms with E-state index >= 15 is 0 Å². The van der Waals surface area contributed by atoms with Gasteiger partial charge < -0.3 is 15.3 Å². The molecule has 1 aliphatic heterocycles. The van der Waals surface area contributed by atoms with Crippen molar-refractivity contribution >= 4 is 34.0 Å². The zero-order valence-electron chi connectivity index (χ0n) is 13.9. The Morgan fingerprint density at radius 3 is 2.96 bits per heavy atom. The predicted molar refractivity (Wildman–Crippen MR) is 100 cm³/mol. The van der Waals surface area contributed by atoms with Crippen LogP contribution in [0.4, 0.5) is 5.69 Å². The zero-order chi connectivity index (χ0) is 17.4. The van der Waals surface area contributed by atoms with E-state index in [1.165, 1.54) is 4.88 Å². The van der Waals surface area contributed by atoms with Gasteiger partial charge in [0.25, 0.3) is 0 Å². The highest BCUT2D eigenvalue weighted by atomic mass is 32.1. The van der Waals surface area contributed by atoms with Crippen LogP contribution in [-0.2, 0) is 4.79 Å². The van der Waals surface area contributed by atoms with E-state index in [0.717, 1.165) is 24.9 Å². The summed E-state index contributed by atoms with van der Waals surface area (Å²) in [6, 6.07) is 9.69. The van der Waals surface area contributed by atoms with E-state index in [2.05, 4.69) is 37.7 Å². The maximum Gasteiger partial charge on any atom is 0.323 e. The summed E-state index contributed by atoms with van der Waals surface area (Å²) >= 11 is 1.75. The number of aromatic nitrogens is 2. The number of nitrogens with zero attached hydrogens (tertiary/aromatic N) is 1. The van der Waals surface area contributed by atoms with Crippen LogP contribution in [0.25, 0.3) is 11.0 Å². The highest BCUT2D eigenvalue weighted by molar-refractivity contribution is 7.10. The Morgan fingerprint density at radius 1 is 1.32 bits per heavy atom. The molecule has 0 saturated carbocycles. The summed E-state index contributed by atoms with van der Waals surface area (Å²) in [6.07, 6.45) is 2.20. The number of H-pyrrole nitrogens is 2. The maximum atomic E-state index is 12.7. The van der Waals surface area contributed by atoms with Crippen LogP contribution in [0.5, 0.6) is 0 Å². The SMILES string of the molecule is CC(C(=O)Nc1ccc2[nH]c(=O)[nH]c2c1)N1CCCC1c1cccs1. The Labute approximate surface area is 148 Å². The van der Waals surface area contributed by atoms with Gasteiger partial charge in [0, 0.05) is 16.6 Å². The lowest BCUT2D eigenvalue weighted by molar-refractivity contribution is -0.121. The zero-order valence-corrected chi connectivity index (χ0v) is 14.7. The van der Waals surface area contributed by atoms with E-state index in [1.807, 2.05) is 6.92 Å². The number of imidazole rings is 1. The second kappa shape index (κ2) is 6.50. The third-order valence-corrected chi connectivity index (χ3v) is 5.80. The molecule has 0 bridgehead atoms. The topological polar surface area (TPSA) is 81.0 Å². The van der Waals surface area contributed by atoms with E-state index < -0.39 is 0 Å². The van der Waals surface area contributed by atoms with Gasteiger partial charge >= 0.3 is 5.69 Å². The molecule has 3 aromatic rings. The highest BCUT2D eigenvalue weighted by Crippen LogP contribution is 2.36. The summed E-state index contributed by atoms with van der Waals surface area (Å²) < 4.78 is 0. The molecule has 1 saturated heterocycles. The Hall–Kier alpha value is -2.38. The summed E-state index contributed by atoms with van der Waals surface area (Å²) in [4.78, 5) is 33.1. The molecule has 1 aliphatic rings. The van der Waals surface area contributed by atoms with Crippen LogP contribution in [0.1, 0.15) is 30.7 Å². The van der Waals surface area contributed by atoms with Crippen LogP contribution in [0.2, 0.25) is 0 Å². The van der Waals surface area contributed by atoms with Crippen LogP contribution >= 0.6 is 11.3 Å². The fraction of sp³-hybridized carbons (Fsp3) is 0.333. The number of carbonyl (C=O) groups is 1. The molecular formula is C18H20N4O2S. The van der Waals surface area contributed by atoms with Gasteiger partial charge in [0.15, 0.2) is 0 Å². The van der Waals surface area contributed by atoms with Gasteiger partial charge in [0.2, 0.25) is 5.91 Å². The highest BCUT2D eigenvalue weighted by Gasteiger charge is 2.33. The predicted octanol–water partition coefficient (Wildman–Crippen LogP) is 3.08. The average Bonchev–Trinajstić information content (AvgIpc) is 3.32. The van der Waals surface area contributed by atoms with Crippen molar-refractivity contribution in [3.8, 4) is 0 Å². The molecule has 4 rings (SSSR count). The first kappa shape index (κ1) is 16.1. The van der Waals surface area contributed by atoms with Gasteiger partial charge in [0.05, 0.1) is 17.1 Å². The summed E-state index contributed by atoms with van der Waals surface area (Å²) in [6.45, 7) is 2.89. The van der Waals surface area contributed by atoms with Crippen molar-refractivity contribution in [3.63, 3.8) is 0 Å². The third-order valence-electron chi connectivity index (χ3n) is 4.83. The van der Waals surface area contributed by atoms with Crippen molar-refractivity contribution in [1.82, 2.24) is 14.9 Å². The fourth-order valence-corrected chi connectivity index (χ4v) is 4.43. The van der Waals surface area contributed by atoms with Gasteiger partial charge in [-0.05, 0) is 56.0 Å². The molecule has 6 nitrogen and oxygen atoms in total. The first-order valence-corrected chi connectivity index (χ1v) is 9.32. The number of carbonyl (C=O) groups excluding carboxylic acids is 1. The lowest BCUT2D eigenvalue weighted by Gasteiger charge is -2.29. The minimum absolute atomic E-state index is 0.0271. The minimum atomic E-state index is -0.247. The van der Waals surface area contributed by atoms with Crippen LogP contribution < -0.4 is 11.0 Å². The molecule has 25 heavy (non-hydrogen) atoms. The van der Waals surface area contributed by atoms with Gasteiger partial charge in [0.1, 0.15) is 0 Å². The van der Waals surface area contributed by atoms with E-state index in [0.29, 0.717) is 17.2 Å². The lowest BCUT2D eigenvalue weighted by atomic mass is 10.1. The fourth-order valence-electron chi connectivity index (χ4n) is 3.55. The summed E-state index contributed by atoms with van der Waals surface area (Å²) in [7, 11) is 0. The number of rotatable bonds is 4. The van der Waals surface area contributed by atoms with Gasteiger partial charge in [-0.3, -0.25) is 9.69 Å². The number of nitrogens with one attached hydrogen (secondary N) is 3. The van der Waals surface area contributed by atoms with Gasteiger partial charge in [-0.15, -0.1) is 11.3 Å².